The number of ether oxygens (including phenoxy) is 1. The Morgan fingerprint density at radius 3 is 2.89 bits per heavy atom. The lowest BCUT2D eigenvalue weighted by Crippen LogP contribution is -2.30. The summed E-state index contributed by atoms with van der Waals surface area (Å²) in [6.07, 6.45) is 0.745. The summed E-state index contributed by atoms with van der Waals surface area (Å²) in [4.78, 5) is 11.8. The molecule has 0 saturated carbocycles. The van der Waals surface area contributed by atoms with Gasteiger partial charge >= 0.3 is 0 Å². The number of halogens is 1. The fourth-order valence-corrected chi connectivity index (χ4v) is 1.67. The van der Waals surface area contributed by atoms with Gasteiger partial charge < -0.3 is 14.6 Å². The number of nitrogens with zero attached hydrogens (tertiary/aromatic N) is 1. The number of carbonyl (C=O) groups excluding carboxylic acids is 1. The Bertz CT molecular complexity index is 528. The maximum Gasteiger partial charge on any atom is 0.266 e. The van der Waals surface area contributed by atoms with Crippen LogP contribution in [-0.4, -0.2) is 17.2 Å². The number of benzene rings is 1. The van der Waals surface area contributed by atoms with Crippen LogP contribution in [0.15, 0.2) is 45.6 Å². The summed E-state index contributed by atoms with van der Waals surface area (Å²) in [5, 5.41) is 6.17. The van der Waals surface area contributed by atoms with Crippen molar-refractivity contribution in [3.05, 3.63) is 41.1 Å². The second kappa shape index (κ2) is 5.68. The maximum absolute atomic E-state index is 11.8. The van der Waals surface area contributed by atoms with Gasteiger partial charge in [-0.2, -0.15) is 0 Å². The first kappa shape index (κ1) is 12.6. The average molecular weight is 311 g/mol. The molecule has 94 valence electrons. The van der Waals surface area contributed by atoms with Gasteiger partial charge in [0.2, 0.25) is 0 Å². The Morgan fingerprint density at radius 1 is 1.44 bits per heavy atom. The first-order chi connectivity index (χ1) is 8.66. The Labute approximate surface area is 112 Å². The predicted octanol–water partition coefficient (Wildman–Crippen LogP) is 2.84. The fourth-order valence-electron chi connectivity index (χ4n) is 1.29. The van der Waals surface area contributed by atoms with Gasteiger partial charge in [-0.25, -0.2) is 0 Å². The highest BCUT2D eigenvalue weighted by Gasteiger charge is 2.16. The molecule has 0 aliphatic carbocycles. The third-order valence-electron chi connectivity index (χ3n) is 2.20. The number of rotatable bonds is 4. The topological polar surface area (TPSA) is 64.4 Å². The molecule has 1 heterocycles. The SMILES string of the molecule is C[C@@H](Oc1ccccc1Br)C(=O)Nc1ccon1. The Kier molecular flexibility index (Phi) is 3.99. The van der Waals surface area contributed by atoms with Crippen LogP contribution in [0.4, 0.5) is 5.82 Å². The molecule has 0 fully saturated rings. The minimum Gasteiger partial charge on any atom is -0.480 e. The van der Waals surface area contributed by atoms with E-state index in [1.54, 1.807) is 19.1 Å². The molecular weight excluding hydrogens is 300 g/mol. The Balaban J connectivity index is 1.97. The molecule has 1 amide bonds. The van der Waals surface area contributed by atoms with Crippen LogP contribution in [0.1, 0.15) is 6.92 Å². The van der Waals surface area contributed by atoms with E-state index in [1.165, 1.54) is 6.26 Å². The van der Waals surface area contributed by atoms with Crippen molar-refractivity contribution in [2.45, 2.75) is 13.0 Å². The number of nitrogens with one attached hydrogen (secondary N) is 1. The molecule has 1 N–H and O–H groups in total. The van der Waals surface area contributed by atoms with Crippen LogP contribution in [0.5, 0.6) is 5.75 Å². The molecule has 0 radical (unpaired) electrons. The van der Waals surface area contributed by atoms with E-state index in [0.717, 1.165) is 4.47 Å². The average Bonchev–Trinajstić information content (AvgIpc) is 2.84. The number of para-hydroxylation sites is 1. The second-order valence-corrected chi connectivity index (χ2v) is 4.42. The van der Waals surface area contributed by atoms with Gasteiger partial charge in [0.15, 0.2) is 11.9 Å². The maximum atomic E-state index is 11.8. The third-order valence-corrected chi connectivity index (χ3v) is 2.85. The number of aromatic nitrogens is 1. The smallest absolute Gasteiger partial charge is 0.266 e. The number of amides is 1. The number of carbonyl (C=O) groups is 1. The van der Waals surface area contributed by atoms with Gasteiger partial charge in [-0.1, -0.05) is 17.3 Å². The molecule has 1 aromatic carbocycles. The van der Waals surface area contributed by atoms with Gasteiger partial charge in [-0.3, -0.25) is 4.79 Å². The van der Waals surface area contributed by atoms with Crippen LogP contribution in [0.25, 0.3) is 0 Å². The first-order valence-electron chi connectivity index (χ1n) is 5.29. The molecule has 1 aromatic heterocycles. The fraction of sp³-hybridized carbons (Fsp3) is 0.167. The monoisotopic (exact) mass is 310 g/mol. The lowest BCUT2D eigenvalue weighted by molar-refractivity contribution is -0.122. The summed E-state index contributed by atoms with van der Waals surface area (Å²) in [5.74, 6) is 0.683. The van der Waals surface area contributed by atoms with Gasteiger partial charge in [0.25, 0.3) is 5.91 Å². The van der Waals surface area contributed by atoms with E-state index < -0.39 is 6.10 Å². The third kappa shape index (κ3) is 3.10. The lowest BCUT2D eigenvalue weighted by atomic mass is 10.3. The molecule has 6 heteroatoms. The molecule has 1 atom stereocenters. The zero-order chi connectivity index (χ0) is 13.0. The highest BCUT2D eigenvalue weighted by Crippen LogP contribution is 2.24. The predicted molar refractivity (Wildman–Crippen MR) is 69.4 cm³/mol. The minimum absolute atomic E-state index is 0.292. The van der Waals surface area contributed by atoms with E-state index in [4.69, 9.17) is 4.74 Å². The van der Waals surface area contributed by atoms with E-state index in [2.05, 4.69) is 30.9 Å². The molecule has 0 aliphatic heterocycles. The van der Waals surface area contributed by atoms with Crippen molar-refractivity contribution in [1.82, 2.24) is 5.16 Å². The van der Waals surface area contributed by atoms with Crippen LogP contribution in [0.2, 0.25) is 0 Å². The van der Waals surface area contributed by atoms with Crippen molar-refractivity contribution >= 4 is 27.7 Å². The summed E-state index contributed by atoms with van der Waals surface area (Å²) in [5.41, 5.74) is 0. The van der Waals surface area contributed by atoms with Gasteiger partial charge in [-0.15, -0.1) is 0 Å². The van der Waals surface area contributed by atoms with E-state index >= 15 is 0 Å². The molecule has 5 nitrogen and oxygen atoms in total. The van der Waals surface area contributed by atoms with Gasteiger partial charge in [0, 0.05) is 6.07 Å². The summed E-state index contributed by atoms with van der Waals surface area (Å²) in [6, 6.07) is 8.89. The van der Waals surface area contributed by atoms with E-state index in [9.17, 15) is 4.79 Å². The molecule has 0 spiro atoms. The van der Waals surface area contributed by atoms with Crippen LogP contribution in [-0.2, 0) is 4.79 Å². The van der Waals surface area contributed by atoms with Crippen molar-refractivity contribution in [3.63, 3.8) is 0 Å². The van der Waals surface area contributed by atoms with E-state index in [0.29, 0.717) is 11.6 Å². The summed E-state index contributed by atoms with van der Waals surface area (Å²) < 4.78 is 11.0. The van der Waals surface area contributed by atoms with Gasteiger partial charge in [0.05, 0.1) is 4.47 Å². The molecule has 0 saturated heterocycles. The summed E-state index contributed by atoms with van der Waals surface area (Å²) in [7, 11) is 0. The zero-order valence-corrected chi connectivity index (χ0v) is 11.2. The van der Waals surface area contributed by atoms with Crippen molar-refractivity contribution in [2.24, 2.45) is 0 Å². The Morgan fingerprint density at radius 2 is 2.22 bits per heavy atom. The molecular formula is C12H11BrN2O3. The standard InChI is InChI=1S/C12H11BrN2O3/c1-8(12(16)14-11-6-7-17-15-11)18-10-5-3-2-4-9(10)13/h2-8H,1H3,(H,14,15,16)/t8-/m1/s1. The van der Waals surface area contributed by atoms with Crippen LogP contribution in [0.3, 0.4) is 0 Å². The molecule has 0 unspecified atom stereocenters. The summed E-state index contributed by atoms with van der Waals surface area (Å²) in [6.45, 7) is 1.66. The molecule has 0 aliphatic rings. The highest BCUT2D eigenvalue weighted by molar-refractivity contribution is 9.10. The quantitative estimate of drug-likeness (QED) is 0.943. The second-order valence-electron chi connectivity index (χ2n) is 3.56. The largest absolute Gasteiger partial charge is 0.480 e. The van der Waals surface area contributed by atoms with E-state index in [1.807, 2.05) is 18.2 Å². The Hall–Kier alpha value is -1.82. The van der Waals surface area contributed by atoms with Crippen LogP contribution in [0, 0.1) is 0 Å². The number of hydrogen-bond donors (Lipinski definition) is 1. The van der Waals surface area contributed by atoms with Crippen LogP contribution >= 0.6 is 15.9 Å². The normalized spacial score (nSPS) is 11.9. The van der Waals surface area contributed by atoms with Gasteiger partial charge in [0.1, 0.15) is 12.0 Å². The molecule has 0 bridgehead atoms. The summed E-state index contributed by atoms with van der Waals surface area (Å²) >= 11 is 3.35. The molecule has 2 rings (SSSR count). The minimum atomic E-state index is -0.639. The van der Waals surface area contributed by atoms with Crippen molar-refractivity contribution in [1.29, 1.82) is 0 Å². The first-order valence-corrected chi connectivity index (χ1v) is 6.08. The van der Waals surface area contributed by atoms with Crippen LogP contribution < -0.4 is 10.1 Å². The molecule has 2 aromatic rings. The number of anilines is 1. The van der Waals surface area contributed by atoms with Crippen molar-refractivity contribution in [2.75, 3.05) is 5.32 Å². The van der Waals surface area contributed by atoms with Crippen molar-refractivity contribution in [3.8, 4) is 5.75 Å². The zero-order valence-electron chi connectivity index (χ0n) is 9.59. The van der Waals surface area contributed by atoms with Gasteiger partial charge in [-0.05, 0) is 35.0 Å². The van der Waals surface area contributed by atoms with E-state index in [-0.39, 0.29) is 5.91 Å². The molecule has 18 heavy (non-hydrogen) atoms. The number of hydrogen-bond acceptors (Lipinski definition) is 4. The van der Waals surface area contributed by atoms with Crippen molar-refractivity contribution < 1.29 is 14.1 Å². The highest BCUT2D eigenvalue weighted by atomic mass is 79.9. The lowest BCUT2D eigenvalue weighted by Gasteiger charge is -2.14.